The number of hydrogen-bond acceptors (Lipinski definition) is 2. The first-order chi connectivity index (χ1) is 8.22. The molecule has 0 unspecified atom stereocenters. The van der Waals surface area contributed by atoms with Crippen LogP contribution in [0.15, 0.2) is 23.2 Å². The summed E-state index contributed by atoms with van der Waals surface area (Å²) < 4.78 is 0. The van der Waals surface area contributed by atoms with Crippen LogP contribution in [-0.2, 0) is 12.8 Å². The van der Waals surface area contributed by atoms with Crippen molar-refractivity contribution in [3.05, 3.63) is 34.9 Å². The van der Waals surface area contributed by atoms with Gasteiger partial charge in [0.15, 0.2) is 0 Å². The van der Waals surface area contributed by atoms with Crippen LogP contribution < -0.4 is 5.32 Å². The maximum Gasteiger partial charge on any atom is 0.101 e. The number of amidine groups is 1. The summed E-state index contributed by atoms with van der Waals surface area (Å²) in [5.41, 5.74) is 4.42. The fraction of sp³-hybridized carbons (Fsp3) is 0.533. The molecule has 0 aromatic heterocycles. The second-order valence-corrected chi connectivity index (χ2v) is 4.93. The summed E-state index contributed by atoms with van der Waals surface area (Å²) in [6, 6.07) is 6.69. The molecule has 0 radical (unpaired) electrons. The van der Waals surface area contributed by atoms with Gasteiger partial charge in [0.1, 0.15) is 5.84 Å². The molecule has 0 atom stereocenters. The van der Waals surface area contributed by atoms with Crippen LogP contribution in [0.2, 0.25) is 0 Å². The van der Waals surface area contributed by atoms with Gasteiger partial charge in [-0.3, -0.25) is 4.99 Å². The Balaban J connectivity index is 2.34. The zero-order chi connectivity index (χ0) is 12.3. The summed E-state index contributed by atoms with van der Waals surface area (Å²) >= 11 is 0. The quantitative estimate of drug-likeness (QED) is 0.845. The van der Waals surface area contributed by atoms with Crippen molar-refractivity contribution in [3.63, 3.8) is 0 Å². The van der Waals surface area contributed by atoms with Gasteiger partial charge in [0.2, 0.25) is 0 Å². The van der Waals surface area contributed by atoms with Crippen molar-refractivity contribution in [3.8, 4) is 0 Å². The number of aliphatic imine (C=N–C) groups is 1. The number of aryl methyl sites for hydroxylation is 1. The lowest BCUT2D eigenvalue weighted by Gasteiger charge is -2.16. The molecule has 17 heavy (non-hydrogen) atoms. The lowest BCUT2D eigenvalue weighted by atomic mass is 9.90. The first kappa shape index (κ1) is 12.2. The van der Waals surface area contributed by atoms with Crippen LogP contribution in [0.4, 0.5) is 0 Å². The first-order valence-corrected chi connectivity index (χ1v) is 6.60. The van der Waals surface area contributed by atoms with Crippen molar-refractivity contribution < 1.29 is 0 Å². The van der Waals surface area contributed by atoms with Gasteiger partial charge in [0.25, 0.3) is 0 Å². The molecule has 0 saturated carbocycles. The Morgan fingerprint density at radius 2 is 2.18 bits per heavy atom. The number of nitrogens with zero attached hydrogens (tertiary/aromatic N) is 1. The van der Waals surface area contributed by atoms with E-state index in [0.29, 0.717) is 5.92 Å². The molecule has 1 N–H and O–H groups in total. The fourth-order valence-corrected chi connectivity index (χ4v) is 2.48. The molecular weight excluding hydrogens is 208 g/mol. The number of nitrogens with one attached hydrogen (secondary N) is 1. The molecule has 1 aliphatic rings. The zero-order valence-corrected chi connectivity index (χ0v) is 11.1. The van der Waals surface area contributed by atoms with Crippen LogP contribution in [-0.4, -0.2) is 18.9 Å². The number of rotatable bonds is 4. The molecule has 0 bridgehead atoms. The third-order valence-electron chi connectivity index (χ3n) is 3.40. The minimum absolute atomic E-state index is 0.582. The fourth-order valence-electron chi connectivity index (χ4n) is 2.48. The van der Waals surface area contributed by atoms with Gasteiger partial charge < -0.3 is 5.32 Å². The van der Waals surface area contributed by atoms with E-state index in [1.165, 1.54) is 16.7 Å². The molecule has 0 aliphatic carbocycles. The van der Waals surface area contributed by atoms with Gasteiger partial charge in [-0.05, 0) is 29.0 Å². The van der Waals surface area contributed by atoms with Gasteiger partial charge in [-0.2, -0.15) is 0 Å². The Hall–Kier alpha value is -1.31. The maximum absolute atomic E-state index is 4.51. The van der Waals surface area contributed by atoms with Crippen molar-refractivity contribution in [2.45, 2.75) is 39.5 Å². The molecule has 1 aromatic carbocycles. The average molecular weight is 230 g/mol. The normalized spacial score (nSPS) is 14.9. The van der Waals surface area contributed by atoms with E-state index >= 15 is 0 Å². The van der Waals surface area contributed by atoms with E-state index in [1.54, 1.807) is 0 Å². The summed E-state index contributed by atoms with van der Waals surface area (Å²) in [6.07, 6.45) is 2.07. The molecule has 2 heteroatoms. The van der Waals surface area contributed by atoms with Crippen LogP contribution in [0.25, 0.3) is 0 Å². The highest BCUT2D eigenvalue weighted by Gasteiger charge is 2.14. The second-order valence-electron chi connectivity index (χ2n) is 4.93. The predicted molar refractivity (Wildman–Crippen MR) is 73.9 cm³/mol. The number of benzene rings is 1. The van der Waals surface area contributed by atoms with Crippen LogP contribution >= 0.6 is 0 Å². The summed E-state index contributed by atoms with van der Waals surface area (Å²) in [4.78, 5) is 4.51. The monoisotopic (exact) mass is 230 g/mol. The summed E-state index contributed by atoms with van der Waals surface area (Å²) in [5, 5.41) is 3.37. The SMILES string of the molecule is CCc1cccc(C(C)C)c1CC1=NCCN1. The molecule has 0 fully saturated rings. The van der Waals surface area contributed by atoms with Gasteiger partial charge in [-0.25, -0.2) is 0 Å². The van der Waals surface area contributed by atoms with E-state index in [2.05, 4.69) is 49.3 Å². The van der Waals surface area contributed by atoms with E-state index < -0.39 is 0 Å². The van der Waals surface area contributed by atoms with Gasteiger partial charge in [0.05, 0.1) is 6.54 Å². The smallest absolute Gasteiger partial charge is 0.101 e. The largest absolute Gasteiger partial charge is 0.372 e. The van der Waals surface area contributed by atoms with E-state index in [9.17, 15) is 0 Å². The molecule has 92 valence electrons. The molecule has 2 nitrogen and oxygen atoms in total. The van der Waals surface area contributed by atoms with Gasteiger partial charge in [0, 0.05) is 13.0 Å². The van der Waals surface area contributed by atoms with E-state index in [4.69, 9.17) is 0 Å². The van der Waals surface area contributed by atoms with Crippen molar-refractivity contribution in [1.82, 2.24) is 5.32 Å². The van der Waals surface area contributed by atoms with Crippen molar-refractivity contribution in [1.29, 1.82) is 0 Å². The molecule has 0 saturated heterocycles. The van der Waals surface area contributed by atoms with Gasteiger partial charge >= 0.3 is 0 Å². The summed E-state index contributed by atoms with van der Waals surface area (Å²) in [6.45, 7) is 8.69. The highest BCUT2D eigenvalue weighted by Crippen LogP contribution is 2.24. The van der Waals surface area contributed by atoms with E-state index in [1.807, 2.05) is 0 Å². The van der Waals surface area contributed by atoms with Crippen molar-refractivity contribution in [2.24, 2.45) is 4.99 Å². The third kappa shape index (κ3) is 2.68. The van der Waals surface area contributed by atoms with Crippen molar-refractivity contribution >= 4 is 5.84 Å². The van der Waals surface area contributed by atoms with Crippen LogP contribution in [0.1, 0.15) is 43.4 Å². The molecule has 1 aromatic rings. The Morgan fingerprint density at radius 1 is 1.35 bits per heavy atom. The van der Waals surface area contributed by atoms with Crippen LogP contribution in [0.5, 0.6) is 0 Å². The van der Waals surface area contributed by atoms with Gasteiger partial charge in [-0.1, -0.05) is 39.0 Å². The van der Waals surface area contributed by atoms with Crippen LogP contribution in [0, 0.1) is 0 Å². The molecular formula is C15H22N2. The first-order valence-electron chi connectivity index (χ1n) is 6.60. The molecule has 1 aliphatic heterocycles. The summed E-state index contributed by atoms with van der Waals surface area (Å²) in [7, 11) is 0. The minimum atomic E-state index is 0.582. The minimum Gasteiger partial charge on any atom is -0.372 e. The van der Waals surface area contributed by atoms with E-state index in [-0.39, 0.29) is 0 Å². The third-order valence-corrected chi connectivity index (χ3v) is 3.40. The number of hydrogen-bond donors (Lipinski definition) is 1. The standard InChI is InChI=1S/C15H22N2/c1-4-12-6-5-7-13(11(2)3)14(12)10-15-16-8-9-17-15/h5-7,11H,4,8-10H2,1-3H3,(H,16,17). The lowest BCUT2D eigenvalue weighted by Crippen LogP contribution is -2.22. The lowest BCUT2D eigenvalue weighted by molar-refractivity contribution is 0.843. The van der Waals surface area contributed by atoms with Gasteiger partial charge in [-0.15, -0.1) is 0 Å². The predicted octanol–water partition coefficient (Wildman–Crippen LogP) is 2.92. The second kappa shape index (κ2) is 5.35. The highest BCUT2D eigenvalue weighted by atomic mass is 15.1. The Morgan fingerprint density at radius 3 is 2.76 bits per heavy atom. The van der Waals surface area contributed by atoms with Crippen molar-refractivity contribution in [2.75, 3.05) is 13.1 Å². The molecule has 1 heterocycles. The topological polar surface area (TPSA) is 24.4 Å². The maximum atomic E-state index is 4.51. The summed E-state index contributed by atoms with van der Waals surface area (Å²) in [5.74, 6) is 1.74. The average Bonchev–Trinajstić information content (AvgIpc) is 2.82. The Kier molecular flexibility index (Phi) is 3.82. The molecule has 0 spiro atoms. The zero-order valence-electron chi connectivity index (χ0n) is 11.1. The van der Waals surface area contributed by atoms with E-state index in [0.717, 1.165) is 31.8 Å². The van der Waals surface area contributed by atoms with Crippen LogP contribution in [0.3, 0.4) is 0 Å². The molecule has 2 rings (SSSR count). The molecule has 0 amide bonds. The Bertz CT molecular complexity index is 419. The highest BCUT2D eigenvalue weighted by molar-refractivity contribution is 5.86. The Labute approximate surface area is 104 Å².